The van der Waals surface area contributed by atoms with Gasteiger partial charge in [-0.1, -0.05) is 18.2 Å². The van der Waals surface area contributed by atoms with Crippen LogP contribution in [-0.2, 0) is 16.2 Å². The van der Waals surface area contributed by atoms with Gasteiger partial charge in [0.2, 0.25) is 10.0 Å². The highest BCUT2D eigenvalue weighted by Gasteiger charge is 2.34. The van der Waals surface area contributed by atoms with E-state index >= 15 is 0 Å². The topological polar surface area (TPSA) is 119 Å². The molecule has 0 aromatic heterocycles. The van der Waals surface area contributed by atoms with Crippen molar-refractivity contribution in [1.82, 2.24) is 10.0 Å². The molecule has 0 saturated heterocycles. The summed E-state index contributed by atoms with van der Waals surface area (Å²) in [5.41, 5.74) is -1.30. The number of hydrogen-bond acceptors (Lipinski definition) is 5. The Bertz CT molecular complexity index is 1030. The first-order valence-corrected chi connectivity index (χ1v) is 10.1. The number of alkyl halides is 3. The van der Waals surface area contributed by atoms with Crippen molar-refractivity contribution >= 4 is 15.9 Å². The third kappa shape index (κ3) is 6.03. The summed E-state index contributed by atoms with van der Waals surface area (Å²) in [6.07, 6.45) is -6.24. The molecule has 0 aliphatic carbocycles. The van der Waals surface area contributed by atoms with Crippen molar-refractivity contribution in [3.63, 3.8) is 0 Å². The van der Waals surface area contributed by atoms with Gasteiger partial charge in [-0.2, -0.15) is 18.4 Å². The van der Waals surface area contributed by atoms with Crippen LogP contribution >= 0.6 is 0 Å². The largest absolute Gasteiger partial charge is 0.416 e. The number of nitrogens with one attached hydrogen (secondary N) is 2. The minimum absolute atomic E-state index is 0.000483. The lowest BCUT2D eigenvalue weighted by Gasteiger charge is -2.18. The fourth-order valence-corrected chi connectivity index (χ4v) is 3.59. The summed E-state index contributed by atoms with van der Waals surface area (Å²) in [6, 6.07) is 11.1. The van der Waals surface area contributed by atoms with Crippen molar-refractivity contribution in [3.05, 3.63) is 65.2 Å². The molecule has 0 aliphatic heterocycles. The standard InChI is InChI=1S/C19H18F3N3O4S/c20-19(21,22)16-5-2-1-4-15(16)17(26)12-24-18(27)13-6-8-14(9-7-13)30(28,29)25-11-3-10-23/h1-2,4-9,17,25-26H,3,11-12H2,(H,24,27). The second-order valence-electron chi connectivity index (χ2n) is 6.14. The lowest BCUT2D eigenvalue weighted by atomic mass is 10.0. The van der Waals surface area contributed by atoms with Crippen molar-refractivity contribution in [2.24, 2.45) is 0 Å². The zero-order chi connectivity index (χ0) is 22.4. The van der Waals surface area contributed by atoms with Crippen LogP contribution in [0.4, 0.5) is 13.2 Å². The summed E-state index contributed by atoms with van der Waals surface area (Å²) in [5, 5.41) is 20.9. The smallest absolute Gasteiger partial charge is 0.387 e. The number of amides is 1. The van der Waals surface area contributed by atoms with Gasteiger partial charge in [-0.3, -0.25) is 4.79 Å². The van der Waals surface area contributed by atoms with Crippen molar-refractivity contribution in [2.45, 2.75) is 23.6 Å². The SMILES string of the molecule is N#CCCNS(=O)(=O)c1ccc(C(=O)NCC(O)c2ccccc2C(F)(F)F)cc1. The Morgan fingerprint density at radius 1 is 1.13 bits per heavy atom. The van der Waals surface area contributed by atoms with Gasteiger partial charge >= 0.3 is 6.18 Å². The molecule has 160 valence electrons. The van der Waals surface area contributed by atoms with Crippen molar-refractivity contribution in [3.8, 4) is 6.07 Å². The summed E-state index contributed by atoms with van der Waals surface area (Å²) in [5.74, 6) is -0.695. The Labute approximate surface area is 171 Å². The van der Waals surface area contributed by atoms with E-state index in [0.717, 1.165) is 12.1 Å². The maximum atomic E-state index is 13.0. The number of nitrogens with zero attached hydrogens (tertiary/aromatic N) is 1. The van der Waals surface area contributed by atoms with Gasteiger partial charge in [0.15, 0.2) is 0 Å². The molecule has 1 amide bonds. The zero-order valence-electron chi connectivity index (χ0n) is 15.5. The predicted octanol–water partition coefficient (Wildman–Crippen LogP) is 2.36. The first-order chi connectivity index (χ1) is 14.1. The first-order valence-electron chi connectivity index (χ1n) is 8.65. The van der Waals surface area contributed by atoms with Gasteiger partial charge in [-0.05, 0) is 35.9 Å². The van der Waals surface area contributed by atoms with Crippen LogP contribution in [0.3, 0.4) is 0 Å². The summed E-state index contributed by atoms with van der Waals surface area (Å²) in [7, 11) is -3.83. The first kappa shape index (κ1) is 23.3. The van der Waals surface area contributed by atoms with Gasteiger partial charge < -0.3 is 10.4 Å². The van der Waals surface area contributed by atoms with Crippen LogP contribution in [0, 0.1) is 11.3 Å². The average Bonchev–Trinajstić information content (AvgIpc) is 2.71. The Kier molecular flexibility index (Phi) is 7.55. The molecule has 2 aromatic carbocycles. The Hall–Kier alpha value is -2.94. The molecule has 11 heteroatoms. The molecule has 0 radical (unpaired) electrons. The highest BCUT2D eigenvalue weighted by atomic mass is 32.2. The molecule has 0 heterocycles. The highest BCUT2D eigenvalue weighted by Crippen LogP contribution is 2.34. The summed E-state index contributed by atoms with van der Waals surface area (Å²) in [4.78, 5) is 12.1. The minimum atomic E-state index is -4.65. The van der Waals surface area contributed by atoms with Gasteiger partial charge in [0, 0.05) is 25.1 Å². The molecular formula is C19H18F3N3O4S. The van der Waals surface area contributed by atoms with E-state index in [1.54, 1.807) is 6.07 Å². The molecule has 2 aromatic rings. The fraction of sp³-hybridized carbons (Fsp3) is 0.263. The van der Waals surface area contributed by atoms with Crippen LogP contribution in [0.5, 0.6) is 0 Å². The summed E-state index contributed by atoms with van der Waals surface area (Å²) < 4.78 is 65.4. The number of aliphatic hydroxyl groups excluding tert-OH is 1. The van der Waals surface area contributed by atoms with Gasteiger partial charge in [0.1, 0.15) is 0 Å². The molecule has 3 N–H and O–H groups in total. The number of benzene rings is 2. The van der Waals surface area contributed by atoms with E-state index in [4.69, 9.17) is 5.26 Å². The molecule has 0 aliphatic rings. The second-order valence-corrected chi connectivity index (χ2v) is 7.91. The molecule has 0 spiro atoms. The van der Waals surface area contributed by atoms with Gasteiger partial charge in [-0.15, -0.1) is 0 Å². The lowest BCUT2D eigenvalue weighted by molar-refractivity contribution is -0.139. The van der Waals surface area contributed by atoms with Gasteiger partial charge in [0.25, 0.3) is 5.91 Å². The van der Waals surface area contributed by atoms with Crippen molar-refractivity contribution in [1.29, 1.82) is 5.26 Å². The number of aliphatic hydroxyl groups is 1. The third-order valence-electron chi connectivity index (χ3n) is 4.04. The summed E-state index contributed by atoms with van der Waals surface area (Å²) >= 11 is 0. The minimum Gasteiger partial charge on any atom is -0.387 e. The number of hydrogen-bond donors (Lipinski definition) is 3. The number of halogens is 3. The highest BCUT2D eigenvalue weighted by molar-refractivity contribution is 7.89. The van der Waals surface area contributed by atoms with E-state index in [1.807, 2.05) is 0 Å². The summed E-state index contributed by atoms with van der Waals surface area (Å²) in [6.45, 7) is -0.528. The number of rotatable bonds is 8. The maximum absolute atomic E-state index is 13.0. The Morgan fingerprint density at radius 3 is 2.37 bits per heavy atom. The molecule has 30 heavy (non-hydrogen) atoms. The number of carbonyl (C=O) groups is 1. The third-order valence-corrected chi connectivity index (χ3v) is 5.51. The fourth-order valence-electron chi connectivity index (χ4n) is 2.56. The zero-order valence-corrected chi connectivity index (χ0v) is 16.3. The maximum Gasteiger partial charge on any atom is 0.416 e. The molecule has 1 atom stereocenters. The number of nitriles is 1. The monoisotopic (exact) mass is 441 g/mol. The normalized spacial score (nSPS) is 12.8. The van der Waals surface area contributed by atoms with E-state index < -0.39 is 40.3 Å². The van der Waals surface area contributed by atoms with E-state index in [0.29, 0.717) is 0 Å². The van der Waals surface area contributed by atoms with Crippen LogP contribution in [0.1, 0.15) is 34.0 Å². The van der Waals surface area contributed by atoms with Crippen molar-refractivity contribution < 1.29 is 31.5 Å². The van der Waals surface area contributed by atoms with E-state index in [-0.39, 0.29) is 29.0 Å². The lowest BCUT2D eigenvalue weighted by Crippen LogP contribution is -2.29. The van der Waals surface area contributed by atoms with Crippen LogP contribution in [-0.4, -0.2) is 32.5 Å². The van der Waals surface area contributed by atoms with Crippen LogP contribution in [0.15, 0.2) is 53.4 Å². The molecule has 2 rings (SSSR count). The number of sulfonamides is 1. The molecule has 0 fully saturated rings. The number of carbonyl (C=O) groups excluding carboxylic acids is 1. The molecular weight excluding hydrogens is 423 g/mol. The van der Waals surface area contributed by atoms with Crippen LogP contribution in [0.2, 0.25) is 0 Å². The molecule has 0 bridgehead atoms. The van der Waals surface area contributed by atoms with E-state index in [1.165, 1.54) is 36.4 Å². The van der Waals surface area contributed by atoms with E-state index in [2.05, 4.69) is 10.0 Å². The molecule has 0 saturated carbocycles. The second kappa shape index (κ2) is 9.71. The van der Waals surface area contributed by atoms with Gasteiger partial charge in [-0.25, -0.2) is 13.1 Å². The van der Waals surface area contributed by atoms with Crippen LogP contribution < -0.4 is 10.0 Å². The Balaban J connectivity index is 2.03. The van der Waals surface area contributed by atoms with Crippen molar-refractivity contribution in [2.75, 3.05) is 13.1 Å². The molecule has 7 nitrogen and oxygen atoms in total. The predicted molar refractivity (Wildman–Crippen MR) is 101 cm³/mol. The molecule has 1 unspecified atom stereocenters. The average molecular weight is 441 g/mol. The van der Waals surface area contributed by atoms with E-state index in [9.17, 15) is 31.5 Å². The van der Waals surface area contributed by atoms with Gasteiger partial charge in [0.05, 0.1) is 22.6 Å². The van der Waals surface area contributed by atoms with Crippen LogP contribution in [0.25, 0.3) is 0 Å². The quantitative estimate of drug-likeness (QED) is 0.544. The Morgan fingerprint density at radius 2 is 1.77 bits per heavy atom.